The monoisotopic (exact) mass is 324 g/mol. The van der Waals surface area contributed by atoms with Crippen LogP contribution in [0.4, 0.5) is 0 Å². The van der Waals surface area contributed by atoms with Gasteiger partial charge in [0.1, 0.15) is 5.78 Å². The number of rotatable bonds is 3. The Hall–Kier alpha value is -0.290. The molecule has 14 heavy (non-hydrogen) atoms. The van der Waals surface area contributed by atoms with Gasteiger partial charge in [0.2, 0.25) is 0 Å². The fourth-order valence-corrected chi connectivity index (χ4v) is 2.46. The van der Waals surface area contributed by atoms with E-state index in [2.05, 4.69) is 27.1 Å². The molecule has 4 nitrogen and oxygen atoms in total. The molecule has 1 atom stereocenters. The highest BCUT2D eigenvalue weighted by Crippen LogP contribution is 2.19. The van der Waals surface area contributed by atoms with Gasteiger partial charge in [-0.2, -0.15) is 5.10 Å². The van der Waals surface area contributed by atoms with Crippen LogP contribution in [0.15, 0.2) is 11.0 Å². The number of halogens is 1. The van der Waals surface area contributed by atoms with E-state index in [0.717, 1.165) is 5.56 Å². The molecule has 0 aliphatic heterocycles. The number of hydrogen-bond donors (Lipinski definition) is 0. The van der Waals surface area contributed by atoms with Gasteiger partial charge >= 0.3 is 0 Å². The third kappa shape index (κ3) is 2.60. The van der Waals surface area contributed by atoms with Crippen LogP contribution in [0.2, 0.25) is 0 Å². The molecule has 1 heterocycles. The van der Waals surface area contributed by atoms with Gasteiger partial charge in [0.15, 0.2) is 0 Å². The summed E-state index contributed by atoms with van der Waals surface area (Å²) in [5.41, 5.74) is 1.25. The molecule has 1 aromatic heterocycles. The van der Waals surface area contributed by atoms with Crippen molar-refractivity contribution in [1.29, 1.82) is 0 Å². The van der Waals surface area contributed by atoms with E-state index in [1.54, 1.807) is 13.1 Å². The van der Waals surface area contributed by atoms with Crippen molar-refractivity contribution in [2.24, 2.45) is 0 Å². The van der Waals surface area contributed by atoms with Crippen LogP contribution in [0.3, 0.4) is 0 Å². The predicted molar refractivity (Wildman–Crippen MR) is 65.4 cm³/mol. The van der Waals surface area contributed by atoms with Gasteiger partial charge in [-0.3, -0.25) is 9.59 Å². The molecular weight excluding hydrogens is 314 g/mol. The van der Waals surface area contributed by atoms with Gasteiger partial charge in [0.05, 0.1) is 12.6 Å². The quantitative estimate of drug-likeness (QED) is 0.625. The minimum atomic E-state index is -0.100. The standard InChI is InChI=1S/C8H10IN2O2P/c1-5(12)3-7-4-10-11(14-9)8(13)6(7)2/h4,14H,3H2,1-2H3. The number of nitrogens with zero attached hydrogens (tertiary/aromatic N) is 2. The summed E-state index contributed by atoms with van der Waals surface area (Å²) >= 11 is 2.09. The van der Waals surface area contributed by atoms with Gasteiger partial charge in [-0.25, -0.2) is 4.45 Å². The van der Waals surface area contributed by atoms with E-state index in [4.69, 9.17) is 0 Å². The van der Waals surface area contributed by atoms with E-state index in [0.29, 0.717) is 18.4 Å². The SMILES string of the molecule is CC(=O)Cc1cnn(PI)c(=O)c1C. The zero-order valence-electron chi connectivity index (χ0n) is 7.87. The number of carbonyl (C=O) groups is 1. The molecule has 76 valence electrons. The topological polar surface area (TPSA) is 52.0 Å². The summed E-state index contributed by atoms with van der Waals surface area (Å²) in [6.07, 6.45) is 2.19. The molecule has 1 aromatic rings. The maximum Gasteiger partial charge on any atom is 0.273 e. The van der Waals surface area contributed by atoms with Gasteiger partial charge < -0.3 is 0 Å². The first kappa shape index (κ1) is 11.8. The lowest BCUT2D eigenvalue weighted by molar-refractivity contribution is -0.116. The first-order valence-corrected chi connectivity index (χ1v) is 8.06. The molecule has 0 aromatic carbocycles. The van der Waals surface area contributed by atoms with Crippen molar-refractivity contribution in [2.45, 2.75) is 20.3 Å². The van der Waals surface area contributed by atoms with Crippen LogP contribution >= 0.6 is 28.4 Å². The molecule has 1 rings (SSSR count). The minimum Gasteiger partial charge on any atom is -0.300 e. The average Bonchev–Trinajstić information content (AvgIpc) is 2.13. The highest BCUT2D eigenvalue weighted by atomic mass is 127. The molecule has 0 saturated carbocycles. The van der Waals surface area contributed by atoms with Crippen LogP contribution < -0.4 is 5.56 Å². The second kappa shape index (κ2) is 4.98. The average molecular weight is 324 g/mol. The van der Waals surface area contributed by atoms with Crippen LogP contribution in [0.25, 0.3) is 0 Å². The Balaban J connectivity index is 3.17. The molecule has 0 spiro atoms. The van der Waals surface area contributed by atoms with E-state index in [-0.39, 0.29) is 11.3 Å². The first-order valence-electron chi connectivity index (χ1n) is 4.00. The Kier molecular flexibility index (Phi) is 4.19. The largest absolute Gasteiger partial charge is 0.300 e. The second-order valence-electron chi connectivity index (χ2n) is 2.98. The van der Waals surface area contributed by atoms with Crippen molar-refractivity contribution < 1.29 is 4.79 Å². The first-order chi connectivity index (χ1) is 6.56. The van der Waals surface area contributed by atoms with Crippen molar-refractivity contribution in [3.8, 4) is 0 Å². The fraction of sp³-hybridized carbons (Fsp3) is 0.375. The van der Waals surface area contributed by atoms with Gasteiger partial charge in [0, 0.05) is 12.0 Å². The van der Waals surface area contributed by atoms with E-state index >= 15 is 0 Å². The van der Waals surface area contributed by atoms with Crippen molar-refractivity contribution in [1.82, 2.24) is 9.55 Å². The summed E-state index contributed by atoms with van der Waals surface area (Å²) in [5.74, 6) is 0.0453. The third-order valence-electron chi connectivity index (χ3n) is 1.84. The summed E-state index contributed by atoms with van der Waals surface area (Å²) < 4.78 is 1.40. The number of Topliss-reactive ketones (excluding diaryl/α,β-unsaturated/α-hetero) is 1. The van der Waals surface area contributed by atoms with Crippen LogP contribution in [0.1, 0.15) is 18.1 Å². The Morgan fingerprint density at radius 2 is 2.36 bits per heavy atom. The highest BCUT2D eigenvalue weighted by Gasteiger charge is 2.07. The van der Waals surface area contributed by atoms with Gasteiger partial charge in [0.25, 0.3) is 5.56 Å². The highest BCUT2D eigenvalue weighted by molar-refractivity contribution is 14.2. The molecule has 0 fully saturated rings. The summed E-state index contributed by atoms with van der Waals surface area (Å²) in [6.45, 7) is 3.24. The van der Waals surface area contributed by atoms with Gasteiger partial charge in [-0.15, -0.1) is 0 Å². The van der Waals surface area contributed by atoms with Crippen molar-refractivity contribution in [3.05, 3.63) is 27.7 Å². The third-order valence-corrected chi connectivity index (χ3v) is 3.69. The molecule has 0 bridgehead atoms. The van der Waals surface area contributed by atoms with Gasteiger partial charge in [-0.05, 0) is 41.5 Å². The Morgan fingerprint density at radius 3 is 2.86 bits per heavy atom. The lowest BCUT2D eigenvalue weighted by Crippen LogP contribution is -2.21. The van der Waals surface area contributed by atoms with Crippen LogP contribution in [-0.2, 0) is 11.2 Å². The van der Waals surface area contributed by atoms with Gasteiger partial charge in [-0.1, -0.05) is 0 Å². The second-order valence-corrected chi connectivity index (χ2v) is 5.02. The van der Waals surface area contributed by atoms with E-state index in [9.17, 15) is 9.59 Å². The number of ketones is 1. The molecule has 0 saturated heterocycles. The summed E-state index contributed by atoms with van der Waals surface area (Å²) in [5, 5.41) is 3.97. The van der Waals surface area contributed by atoms with Crippen LogP contribution in [0, 0.1) is 6.92 Å². The normalized spacial score (nSPS) is 11.1. The molecule has 0 aliphatic rings. The lowest BCUT2D eigenvalue weighted by Gasteiger charge is -2.04. The van der Waals surface area contributed by atoms with Crippen LogP contribution in [-0.4, -0.2) is 15.3 Å². The van der Waals surface area contributed by atoms with E-state index < -0.39 is 0 Å². The Morgan fingerprint density at radius 1 is 1.71 bits per heavy atom. The molecule has 0 radical (unpaired) electrons. The number of carbonyl (C=O) groups excluding carboxylic acids is 1. The summed E-state index contributed by atoms with van der Waals surface area (Å²) in [7, 11) is 0. The van der Waals surface area contributed by atoms with Crippen molar-refractivity contribution in [3.63, 3.8) is 0 Å². The van der Waals surface area contributed by atoms with Crippen molar-refractivity contribution in [2.75, 3.05) is 0 Å². The zero-order chi connectivity index (χ0) is 10.7. The fourth-order valence-electron chi connectivity index (χ4n) is 1.08. The van der Waals surface area contributed by atoms with Crippen LogP contribution in [0.5, 0.6) is 0 Å². The lowest BCUT2D eigenvalue weighted by atomic mass is 10.1. The molecular formula is C8H10IN2O2P. The molecule has 6 heteroatoms. The Labute approximate surface area is 96.4 Å². The smallest absolute Gasteiger partial charge is 0.273 e. The maximum absolute atomic E-state index is 11.6. The number of aromatic nitrogens is 2. The van der Waals surface area contributed by atoms with E-state index in [1.165, 1.54) is 11.4 Å². The van der Waals surface area contributed by atoms with E-state index in [1.807, 2.05) is 0 Å². The molecule has 0 N–H and O–H groups in total. The minimum absolute atomic E-state index is 0.0453. The maximum atomic E-state index is 11.6. The molecule has 0 amide bonds. The predicted octanol–water partition coefficient (Wildman–Crippen LogP) is 1.47. The number of hydrogen-bond acceptors (Lipinski definition) is 3. The molecule has 1 unspecified atom stereocenters. The Bertz CT molecular complexity index is 416. The summed E-state index contributed by atoms with van der Waals surface area (Å²) in [6, 6.07) is 0. The zero-order valence-corrected chi connectivity index (χ0v) is 11.0. The van der Waals surface area contributed by atoms with Crippen molar-refractivity contribution >= 4 is 34.2 Å². The molecule has 0 aliphatic carbocycles. The summed E-state index contributed by atoms with van der Waals surface area (Å²) in [4.78, 5) is 22.5.